The van der Waals surface area contributed by atoms with E-state index in [0.717, 1.165) is 16.7 Å². The van der Waals surface area contributed by atoms with E-state index in [9.17, 15) is 21.9 Å². The molecule has 0 fully saturated rings. The van der Waals surface area contributed by atoms with Crippen LogP contribution in [0.5, 0.6) is 0 Å². The van der Waals surface area contributed by atoms with Crippen molar-refractivity contribution in [2.45, 2.75) is 95.2 Å². The van der Waals surface area contributed by atoms with Crippen molar-refractivity contribution in [2.75, 3.05) is 13.2 Å². The maximum Gasteiger partial charge on any atom is 0.475 e. The molecule has 0 heterocycles. The predicted molar refractivity (Wildman–Crippen MR) is 158 cm³/mol. The quantitative estimate of drug-likeness (QED) is 0.191. The van der Waals surface area contributed by atoms with Crippen LogP contribution in [0.15, 0.2) is 58.3 Å². The first-order chi connectivity index (χ1) is 19.1. The van der Waals surface area contributed by atoms with Crippen molar-refractivity contribution in [3.63, 3.8) is 0 Å². The minimum atomic E-state index is -5.02. The van der Waals surface area contributed by atoms with Gasteiger partial charge in [-0.3, -0.25) is 13.6 Å². The van der Waals surface area contributed by atoms with Crippen LogP contribution in [0.2, 0.25) is 0 Å². The maximum atomic E-state index is 14.8. The van der Waals surface area contributed by atoms with Crippen LogP contribution < -0.4 is 0 Å². The lowest BCUT2D eigenvalue weighted by Gasteiger charge is -2.28. The van der Waals surface area contributed by atoms with Gasteiger partial charge in [-0.25, -0.2) is 8.77 Å². The molecule has 0 saturated heterocycles. The summed E-state index contributed by atoms with van der Waals surface area (Å²) in [6.07, 6.45) is -7.73. The fraction of sp³-hybridized carbons (Fsp3) is 0.484. The Labute approximate surface area is 243 Å². The van der Waals surface area contributed by atoms with Crippen molar-refractivity contribution in [1.82, 2.24) is 0 Å². The van der Waals surface area contributed by atoms with Crippen LogP contribution in [0, 0.1) is 0 Å². The first-order valence-electron chi connectivity index (χ1n) is 13.9. The van der Waals surface area contributed by atoms with Gasteiger partial charge in [0, 0.05) is 5.56 Å². The zero-order valence-corrected chi connectivity index (χ0v) is 26.6. The molecule has 0 aliphatic rings. The molecule has 1 unspecified atom stereocenters. The Morgan fingerprint density at radius 1 is 0.780 bits per heavy atom. The summed E-state index contributed by atoms with van der Waals surface area (Å²) in [5.41, 5.74) is 2.31. The Morgan fingerprint density at radius 2 is 1.32 bits per heavy atom. The molecule has 5 nitrogen and oxygen atoms in total. The zero-order chi connectivity index (χ0) is 30.7. The molecule has 3 aromatic rings. The Bertz CT molecular complexity index is 1400. The smallest absolute Gasteiger partial charge is 0.287 e. The second kappa shape index (κ2) is 13.5. The summed E-state index contributed by atoms with van der Waals surface area (Å²) >= 11 is 0. The third-order valence-corrected chi connectivity index (χ3v) is 10.0. The average Bonchev–Trinajstić information content (AvgIpc) is 2.89. The van der Waals surface area contributed by atoms with Gasteiger partial charge in [0.1, 0.15) is 0 Å². The largest absolute Gasteiger partial charge is 0.475 e. The van der Waals surface area contributed by atoms with E-state index in [1.165, 1.54) is 26.0 Å². The van der Waals surface area contributed by atoms with E-state index in [1.807, 2.05) is 39.8 Å². The lowest BCUT2D eigenvalue weighted by atomic mass is 9.89. The molecule has 0 spiro atoms. The summed E-state index contributed by atoms with van der Waals surface area (Å²) < 4.78 is 87.6. The van der Waals surface area contributed by atoms with Gasteiger partial charge in [0.15, 0.2) is 6.10 Å². The van der Waals surface area contributed by atoms with Crippen LogP contribution in [0.4, 0.5) is 13.2 Å². The minimum Gasteiger partial charge on any atom is -0.287 e. The van der Waals surface area contributed by atoms with Gasteiger partial charge in [-0.15, -0.1) is 0 Å². The van der Waals surface area contributed by atoms with E-state index in [1.54, 1.807) is 24.3 Å². The van der Waals surface area contributed by atoms with Gasteiger partial charge in [0.25, 0.3) is 0 Å². The first kappa shape index (κ1) is 33.5. The van der Waals surface area contributed by atoms with Crippen molar-refractivity contribution >= 4 is 29.4 Å². The van der Waals surface area contributed by atoms with Gasteiger partial charge < -0.3 is 0 Å². The highest BCUT2D eigenvalue weighted by Gasteiger charge is 2.49. The van der Waals surface area contributed by atoms with Crippen LogP contribution in [-0.2, 0) is 28.9 Å². The van der Waals surface area contributed by atoms with E-state index >= 15 is 0 Å². The monoisotopic (exact) mass is 612 g/mol. The van der Waals surface area contributed by atoms with Gasteiger partial charge in [0.05, 0.1) is 33.8 Å². The fourth-order valence-corrected chi connectivity index (χ4v) is 8.03. The first-order valence-corrected chi connectivity index (χ1v) is 16.5. The molecule has 0 aliphatic heterocycles. The van der Waals surface area contributed by atoms with Crippen LogP contribution in [0.25, 0.3) is 10.8 Å². The molecular weight excluding hydrogens is 572 g/mol. The number of phosphoric ester groups is 1. The number of hydrogen-bond acceptors (Lipinski definition) is 5. The zero-order valence-electron chi connectivity index (χ0n) is 24.9. The Morgan fingerprint density at radius 3 is 1.78 bits per heavy atom. The third kappa shape index (κ3) is 7.49. The average molecular weight is 613 g/mol. The van der Waals surface area contributed by atoms with Crippen molar-refractivity contribution in [2.24, 2.45) is 0 Å². The number of benzene rings is 3. The van der Waals surface area contributed by atoms with Crippen molar-refractivity contribution < 1.29 is 35.5 Å². The SMILES string of the molecule is CCOP(=O)(OCC)O[C@H](c1ccc2ccccc2c1S(=O)c1c(C(C)C)cc(C(C)C)cc1C(C)C)C(F)(F)F. The second-order valence-corrected chi connectivity index (χ2v) is 13.8. The molecule has 3 aromatic carbocycles. The van der Waals surface area contributed by atoms with Gasteiger partial charge in [-0.2, -0.15) is 13.2 Å². The summed E-state index contributed by atoms with van der Waals surface area (Å²) in [5.74, 6) is 0.110. The van der Waals surface area contributed by atoms with E-state index in [-0.39, 0.29) is 35.9 Å². The highest BCUT2D eigenvalue weighted by Crippen LogP contribution is 2.57. The van der Waals surface area contributed by atoms with E-state index < -0.39 is 36.5 Å². The molecule has 41 heavy (non-hydrogen) atoms. The Hall–Kier alpha value is -2.03. The van der Waals surface area contributed by atoms with Gasteiger partial charge in [-0.05, 0) is 59.1 Å². The molecule has 0 aliphatic carbocycles. The van der Waals surface area contributed by atoms with Gasteiger partial charge in [-0.1, -0.05) is 90.1 Å². The maximum absolute atomic E-state index is 14.8. The number of hydrogen-bond donors (Lipinski definition) is 0. The number of phosphoric acid groups is 1. The molecule has 0 saturated carbocycles. The number of alkyl halides is 3. The second-order valence-electron chi connectivity index (χ2n) is 10.8. The van der Waals surface area contributed by atoms with E-state index in [4.69, 9.17) is 13.6 Å². The highest BCUT2D eigenvalue weighted by molar-refractivity contribution is 7.85. The minimum absolute atomic E-state index is 0.0360. The molecular formula is C31H40F3O5PS. The highest BCUT2D eigenvalue weighted by atomic mass is 32.2. The van der Waals surface area contributed by atoms with Crippen LogP contribution in [-0.4, -0.2) is 23.6 Å². The molecule has 10 heteroatoms. The lowest BCUT2D eigenvalue weighted by molar-refractivity contribution is -0.204. The van der Waals surface area contributed by atoms with Gasteiger partial charge >= 0.3 is 14.0 Å². The molecule has 0 bridgehead atoms. The fourth-order valence-electron chi connectivity index (χ4n) is 4.72. The van der Waals surface area contributed by atoms with Crippen LogP contribution in [0.3, 0.4) is 0 Å². The summed E-state index contributed by atoms with van der Waals surface area (Å²) in [7, 11) is -6.67. The molecule has 0 amide bonds. The molecule has 0 aromatic heterocycles. The van der Waals surface area contributed by atoms with E-state index in [0.29, 0.717) is 15.7 Å². The molecule has 226 valence electrons. The molecule has 0 N–H and O–H groups in total. The van der Waals surface area contributed by atoms with Crippen LogP contribution in [0.1, 0.15) is 102 Å². The molecule has 2 atom stereocenters. The predicted octanol–water partition coefficient (Wildman–Crippen LogP) is 10.2. The lowest BCUT2D eigenvalue weighted by Crippen LogP contribution is -2.25. The standard InChI is InChI=1S/C31H40F3O5PS/c1-9-37-40(35,38-10-2)39-30(31(32,33)34)25-16-15-22-13-11-12-14-24(22)28(25)41(36)29-26(20(5)6)17-23(19(3)4)18-27(29)21(7)8/h11-21,30H,9-10H2,1-8H3/t30-,41?/m1/s1. The van der Waals surface area contributed by atoms with Gasteiger partial charge in [0.2, 0.25) is 0 Å². The normalized spacial score (nSPS) is 14.4. The van der Waals surface area contributed by atoms with Crippen LogP contribution >= 0.6 is 7.82 Å². The summed E-state index contributed by atoms with van der Waals surface area (Å²) in [5, 5.41) is 1.01. The Kier molecular flexibility index (Phi) is 11.0. The molecule has 3 rings (SSSR count). The van der Waals surface area contributed by atoms with Crippen molar-refractivity contribution in [3.8, 4) is 0 Å². The third-order valence-electron chi connectivity index (χ3n) is 6.75. The van der Waals surface area contributed by atoms with Crippen molar-refractivity contribution in [1.29, 1.82) is 0 Å². The summed E-state index contributed by atoms with van der Waals surface area (Å²) in [6.45, 7) is 14.7. The number of rotatable bonds is 12. The topological polar surface area (TPSA) is 61.8 Å². The Balaban J connectivity index is 2.42. The van der Waals surface area contributed by atoms with Crippen molar-refractivity contribution in [3.05, 3.63) is 70.8 Å². The summed E-state index contributed by atoms with van der Waals surface area (Å²) in [6, 6.07) is 13.7. The summed E-state index contributed by atoms with van der Waals surface area (Å²) in [4.78, 5) is 0.460. The van der Waals surface area contributed by atoms with E-state index in [2.05, 4.69) is 13.8 Å². The number of fused-ring (bicyclic) bond motifs is 1. The molecule has 0 radical (unpaired) electrons. The number of halogens is 3.